The minimum absolute atomic E-state index is 0.743. The van der Waals surface area contributed by atoms with Gasteiger partial charge in [0.05, 0.1) is 0 Å². The van der Waals surface area contributed by atoms with Crippen molar-refractivity contribution in [3.63, 3.8) is 0 Å². The molecule has 0 aromatic rings. The summed E-state index contributed by atoms with van der Waals surface area (Å²) >= 11 is 5.12. The summed E-state index contributed by atoms with van der Waals surface area (Å²) in [6.45, 7) is 10.4. The van der Waals surface area contributed by atoms with E-state index in [0.29, 0.717) is 0 Å². The average molecular weight is 265 g/mol. The molecule has 16 heavy (non-hydrogen) atoms. The second-order valence-corrected chi connectivity index (χ2v) is 6.82. The fourth-order valence-electron chi connectivity index (χ4n) is 1.30. The fraction of sp³-hybridized carbons (Fsp3) is 1.00. The first-order chi connectivity index (χ1) is 7.52. The van der Waals surface area contributed by atoms with Gasteiger partial charge in [-0.25, -0.2) is 0 Å². The summed E-state index contributed by atoms with van der Waals surface area (Å²) in [7, 11) is -1.06. The van der Waals surface area contributed by atoms with E-state index >= 15 is 0 Å². The Morgan fingerprint density at radius 2 is 1.25 bits per heavy atom. The maximum atomic E-state index is 5.46. The zero-order valence-electron chi connectivity index (χ0n) is 11.1. The highest BCUT2D eigenvalue weighted by molar-refractivity contribution is 8.00. The van der Waals surface area contributed by atoms with Crippen LogP contribution in [0.3, 0.4) is 0 Å². The van der Waals surface area contributed by atoms with Crippen LogP contribution in [0, 0.1) is 11.8 Å². The van der Waals surface area contributed by atoms with Crippen LogP contribution in [-0.4, -0.2) is 13.2 Å². The van der Waals surface area contributed by atoms with Gasteiger partial charge in [-0.05, 0) is 37.5 Å². The molecule has 0 spiro atoms. The van der Waals surface area contributed by atoms with Gasteiger partial charge >= 0.3 is 7.15 Å². The Morgan fingerprint density at radius 1 is 0.875 bits per heavy atom. The predicted molar refractivity (Wildman–Crippen MR) is 74.3 cm³/mol. The Kier molecular flexibility index (Phi) is 10.9. The topological polar surface area (TPSA) is 18.5 Å². The molecule has 0 amide bonds. The second-order valence-electron chi connectivity index (χ2n) is 4.96. The molecule has 0 unspecified atom stereocenters. The van der Waals surface area contributed by atoms with Gasteiger partial charge in [0.2, 0.25) is 11.8 Å². The van der Waals surface area contributed by atoms with Gasteiger partial charge in [0.1, 0.15) is 13.2 Å². The van der Waals surface area contributed by atoms with Crippen LogP contribution in [0.1, 0.15) is 53.4 Å². The third-order valence-corrected chi connectivity index (χ3v) is 3.66. The fourth-order valence-corrected chi connectivity index (χ4v) is 2.38. The molecule has 96 valence electrons. The highest BCUT2D eigenvalue weighted by Crippen LogP contribution is 2.25. The van der Waals surface area contributed by atoms with E-state index in [-0.39, 0.29) is 0 Å². The van der Waals surface area contributed by atoms with Gasteiger partial charge in [-0.3, -0.25) is 0 Å². The molecule has 0 heterocycles. The van der Waals surface area contributed by atoms with Gasteiger partial charge in [0.25, 0.3) is 0 Å². The molecule has 0 aromatic heterocycles. The molecule has 0 atom stereocenters. The van der Waals surface area contributed by atoms with Crippen molar-refractivity contribution in [1.29, 1.82) is 0 Å². The van der Waals surface area contributed by atoms with Crippen molar-refractivity contribution in [1.82, 2.24) is 0 Å². The lowest BCUT2D eigenvalue weighted by molar-refractivity contribution is 0.249. The van der Waals surface area contributed by atoms with E-state index in [1.165, 1.54) is 12.8 Å². The Morgan fingerprint density at radius 3 is 1.56 bits per heavy atom. The summed E-state index contributed by atoms with van der Waals surface area (Å²) in [6, 6.07) is 0. The van der Waals surface area contributed by atoms with Crippen molar-refractivity contribution >= 4 is 19.0 Å². The van der Waals surface area contributed by atoms with Crippen molar-refractivity contribution < 1.29 is 9.05 Å². The Bertz CT molecular complexity index is 166. The largest absolute Gasteiger partial charge is 0.521 e. The maximum absolute atomic E-state index is 5.46. The molecule has 2 nitrogen and oxygen atoms in total. The minimum atomic E-state index is -1.06. The van der Waals surface area contributed by atoms with E-state index in [9.17, 15) is 0 Å². The lowest BCUT2D eigenvalue weighted by Crippen LogP contribution is -1.95. The van der Waals surface area contributed by atoms with Crippen LogP contribution in [-0.2, 0) is 20.9 Å². The van der Waals surface area contributed by atoms with Gasteiger partial charge in [0.15, 0.2) is 0 Å². The van der Waals surface area contributed by atoms with E-state index in [0.717, 1.165) is 37.9 Å². The molecule has 0 saturated carbocycles. The molecule has 0 bridgehead atoms. The summed E-state index contributed by atoms with van der Waals surface area (Å²) < 4.78 is 10.9. The van der Waals surface area contributed by atoms with Crippen molar-refractivity contribution in [3.8, 4) is 0 Å². The summed E-state index contributed by atoms with van der Waals surface area (Å²) in [5, 5.41) is 0. The standard InChI is InChI=1S/C12H26O2PS/c1-11(2)7-5-9-13-15(16)14-10-6-8-12(3)4/h11-12H,5-10H2,1-4H3/q+1. The Balaban J connectivity index is 3.25. The third-order valence-electron chi connectivity index (χ3n) is 2.25. The third kappa shape index (κ3) is 12.5. The number of hydrogen-bond donors (Lipinski definition) is 0. The minimum Gasteiger partial charge on any atom is -0.142 e. The van der Waals surface area contributed by atoms with Gasteiger partial charge in [-0.15, -0.1) is 9.05 Å². The summed E-state index contributed by atoms with van der Waals surface area (Å²) in [6.07, 6.45) is 4.57. The normalized spacial score (nSPS) is 11.4. The highest BCUT2D eigenvalue weighted by atomic mass is 32.4. The summed E-state index contributed by atoms with van der Waals surface area (Å²) in [4.78, 5) is 0. The van der Waals surface area contributed by atoms with Gasteiger partial charge in [-0.2, -0.15) is 0 Å². The van der Waals surface area contributed by atoms with Crippen LogP contribution in [0.4, 0.5) is 0 Å². The molecule has 0 aliphatic heterocycles. The van der Waals surface area contributed by atoms with Crippen molar-refractivity contribution in [2.75, 3.05) is 13.2 Å². The van der Waals surface area contributed by atoms with E-state index in [1.807, 2.05) is 0 Å². The molecule has 0 fully saturated rings. The molecule has 0 aliphatic carbocycles. The summed E-state index contributed by atoms with van der Waals surface area (Å²) in [5.41, 5.74) is 0. The molecule has 0 rings (SSSR count). The predicted octanol–water partition coefficient (Wildman–Crippen LogP) is 4.67. The Labute approximate surface area is 107 Å². The van der Waals surface area contributed by atoms with Crippen molar-refractivity contribution in [2.45, 2.75) is 53.4 Å². The van der Waals surface area contributed by atoms with Crippen LogP contribution in [0.15, 0.2) is 0 Å². The van der Waals surface area contributed by atoms with Crippen LogP contribution < -0.4 is 0 Å². The lowest BCUT2D eigenvalue weighted by atomic mass is 10.1. The van der Waals surface area contributed by atoms with Gasteiger partial charge in [0, 0.05) is 0 Å². The van der Waals surface area contributed by atoms with Crippen LogP contribution >= 0.6 is 7.15 Å². The first kappa shape index (κ1) is 16.4. The molecular weight excluding hydrogens is 239 g/mol. The van der Waals surface area contributed by atoms with E-state index in [1.54, 1.807) is 0 Å². The van der Waals surface area contributed by atoms with Gasteiger partial charge in [-0.1, -0.05) is 27.7 Å². The monoisotopic (exact) mass is 265 g/mol. The van der Waals surface area contributed by atoms with Gasteiger partial charge < -0.3 is 0 Å². The highest BCUT2D eigenvalue weighted by Gasteiger charge is 2.13. The van der Waals surface area contributed by atoms with Crippen LogP contribution in [0.2, 0.25) is 0 Å². The van der Waals surface area contributed by atoms with E-state index < -0.39 is 7.15 Å². The molecule has 0 saturated heterocycles. The van der Waals surface area contributed by atoms with E-state index in [2.05, 4.69) is 27.7 Å². The van der Waals surface area contributed by atoms with Crippen LogP contribution in [0.25, 0.3) is 0 Å². The lowest BCUT2D eigenvalue weighted by Gasteiger charge is -2.01. The maximum Gasteiger partial charge on any atom is 0.521 e. The van der Waals surface area contributed by atoms with Crippen LogP contribution in [0.5, 0.6) is 0 Å². The van der Waals surface area contributed by atoms with Crippen molar-refractivity contribution in [2.24, 2.45) is 11.8 Å². The first-order valence-electron chi connectivity index (χ1n) is 6.25. The SMILES string of the molecule is CC(C)CCCO[P+](=S)OCCCC(C)C. The first-order valence-corrected chi connectivity index (χ1v) is 8.44. The van der Waals surface area contributed by atoms with E-state index in [4.69, 9.17) is 20.9 Å². The molecule has 4 heteroatoms. The molecule has 0 aliphatic rings. The molecule has 0 N–H and O–H groups in total. The smallest absolute Gasteiger partial charge is 0.142 e. The number of hydrogen-bond acceptors (Lipinski definition) is 3. The zero-order valence-corrected chi connectivity index (χ0v) is 12.8. The summed E-state index contributed by atoms with van der Waals surface area (Å²) in [5.74, 6) is 1.49. The molecule has 0 aromatic carbocycles. The Hall–Kier alpha value is 0.440. The second kappa shape index (κ2) is 10.6. The zero-order chi connectivity index (χ0) is 12.4. The average Bonchev–Trinajstić information content (AvgIpc) is 2.19. The molecular formula is C12H26O2PS+. The van der Waals surface area contributed by atoms with Crippen molar-refractivity contribution in [3.05, 3.63) is 0 Å². The molecule has 0 radical (unpaired) electrons. The quantitative estimate of drug-likeness (QED) is 0.422. The number of rotatable bonds is 10.